The Morgan fingerprint density at radius 2 is 1.95 bits per heavy atom. The number of imidazole rings is 1. The Bertz CT molecular complexity index is 846. The predicted molar refractivity (Wildman–Crippen MR) is 84.6 cm³/mol. The van der Waals surface area contributed by atoms with Gasteiger partial charge in [-0.25, -0.2) is 4.98 Å². The van der Waals surface area contributed by atoms with Gasteiger partial charge >= 0.3 is 0 Å². The van der Waals surface area contributed by atoms with Crippen LogP contribution in [0.1, 0.15) is 40.8 Å². The van der Waals surface area contributed by atoms with Crippen molar-refractivity contribution >= 4 is 11.0 Å². The second-order valence-corrected chi connectivity index (χ2v) is 6.55. The molecule has 3 atom stereocenters. The molecule has 0 spiro atoms. The molecule has 21 heavy (non-hydrogen) atoms. The second kappa shape index (κ2) is 3.97. The van der Waals surface area contributed by atoms with E-state index < -0.39 is 0 Å². The summed E-state index contributed by atoms with van der Waals surface area (Å²) >= 11 is 0. The Morgan fingerprint density at radius 1 is 1.05 bits per heavy atom. The van der Waals surface area contributed by atoms with Crippen LogP contribution >= 0.6 is 0 Å². The van der Waals surface area contributed by atoms with E-state index in [1.165, 1.54) is 29.7 Å². The summed E-state index contributed by atoms with van der Waals surface area (Å²) < 4.78 is 0. The van der Waals surface area contributed by atoms with E-state index in [0.717, 1.165) is 11.4 Å². The zero-order valence-electron chi connectivity index (χ0n) is 12.1. The van der Waals surface area contributed by atoms with Crippen LogP contribution in [0, 0.1) is 12.8 Å². The number of aromatic nitrogens is 2. The zero-order chi connectivity index (χ0) is 14.0. The molecule has 1 aromatic heterocycles. The van der Waals surface area contributed by atoms with Crippen LogP contribution in [-0.4, -0.2) is 9.97 Å². The minimum atomic E-state index is 0.598. The molecule has 1 fully saturated rings. The maximum Gasteiger partial charge on any atom is 0.111 e. The van der Waals surface area contributed by atoms with Crippen LogP contribution in [0.5, 0.6) is 0 Å². The van der Waals surface area contributed by atoms with Crippen molar-refractivity contribution in [2.24, 2.45) is 5.92 Å². The van der Waals surface area contributed by atoms with Crippen LogP contribution in [-0.2, 0) is 6.42 Å². The molecule has 2 heteroatoms. The molecule has 2 aromatic carbocycles. The number of para-hydroxylation sites is 1. The summed E-state index contributed by atoms with van der Waals surface area (Å²) in [4.78, 5) is 8.49. The van der Waals surface area contributed by atoms with Crippen molar-refractivity contribution in [3.63, 3.8) is 0 Å². The first-order chi connectivity index (χ1) is 10.3. The van der Waals surface area contributed by atoms with E-state index in [1.807, 2.05) is 0 Å². The zero-order valence-corrected chi connectivity index (χ0v) is 12.1. The van der Waals surface area contributed by atoms with Crippen LogP contribution < -0.4 is 0 Å². The fourth-order valence-corrected chi connectivity index (χ4v) is 4.29. The highest BCUT2D eigenvalue weighted by molar-refractivity contribution is 5.78. The molecule has 1 heterocycles. The summed E-state index contributed by atoms with van der Waals surface area (Å²) in [6.45, 7) is 2.14. The predicted octanol–water partition coefficient (Wildman–Crippen LogP) is 4.31. The highest BCUT2D eigenvalue weighted by Gasteiger charge is 2.55. The lowest BCUT2D eigenvalue weighted by atomic mass is 9.92. The number of H-pyrrole nitrogens is 1. The average molecular weight is 274 g/mol. The van der Waals surface area contributed by atoms with Crippen LogP contribution in [0.3, 0.4) is 0 Å². The van der Waals surface area contributed by atoms with Gasteiger partial charge in [-0.3, -0.25) is 0 Å². The molecule has 0 radical (unpaired) electrons. The largest absolute Gasteiger partial charge is 0.342 e. The minimum Gasteiger partial charge on any atom is -0.342 e. The van der Waals surface area contributed by atoms with Gasteiger partial charge in [0, 0.05) is 5.92 Å². The summed E-state index contributed by atoms with van der Waals surface area (Å²) in [6.07, 6.45) is 2.54. The van der Waals surface area contributed by atoms with Crippen molar-refractivity contribution in [3.05, 3.63) is 65.0 Å². The third-order valence-corrected chi connectivity index (χ3v) is 5.38. The van der Waals surface area contributed by atoms with Gasteiger partial charge in [0.1, 0.15) is 5.82 Å². The van der Waals surface area contributed by atoms with Crippen LogP contribution in [0.4, 0.5) is 0 Å². The Morgan fingerprint density at radius 3 is 2.86 bits per heavy atom. The molecule has 0 aliphatic heterocycles. The summed E-state index contributed by atoms with van der Waals surface area (Å²) in [5, 5.41) is 0. The number of aromatic amines is 1. The smallest absolute Gasteiger partial charge is 0.111 e. The fraction of sp³-hybridized carbons (Fsp3) is 0.316. The normalized spacial score (nSPS) is 26.4. The van der Waals surface area contributed by atoms with Crippen molar-refractivity contribution in [1.82, 2.24) is 9.97 Å². The first kappa shape index (κ1) is 11.6. The van der Waals surface area contributed by atoms with Crippen molar-refractivity contribution < 1.29 is 0 Å². The summed E-state index contributed by atoms with van der Waals surface area (Å²) in [5.41, 5.74) is 6.70. The van der Waals surface area contributed by atoms with Gasteiger partial charge in [-0.05, 0) is 54.4 Å². The van der Waals surface area contributed by atoms with E-state index in [1.54, 1.807) is 11.1 Å². The number of fused-ring (bicyclic) bond motifs is 4. The molecule has 0 saturated heterocycles. The Labute approximate surface area is 124 Å². The van der Waals surface area contributed by atoms with Crippen molar-refractivity contribution in [1.29, 1.82) is 0 Å². The molecular weight excluding hydrogens is 256 g/mol. The number of aryl methyl sites for hydroxylation is 2. The van der Waals surface area contributed by atoms with Gasteiger partial charge in [0.25, 0.3) is 0 Å². The summed E-state index contributed by atoms with van der Waals surface area (Å²) in [7, 11) is 0. The standard InChI is InChI=1S/C19H18N2/c1-11-5-4-8-15-18(11)21-19(20-15)17-14-10-9-12-6-2-3-7-13(12)16(14)17/h2-8,14,16-17H,9-10H2,1H3,(H,20,21). The molecule has 1 saturated carbocycles. The van der Waals surface area contributed by atoms with Crippen molar-refractivity contribution in [2.45, 2.75) is 31.6 Å². The van der Waals surface area contributed by atoms with Crippen molar-refractivity contribution in [2.75, 3.05) is 0 Å². The van der Waals surface area contributed by atoms with E-state index in [0.29, 0.717) is 11.8 Å². The molecule has 2 nitrogen and oxygen atoms in total. The van der Waals surface area contributed by atoms with Crippen LogP contribution in [0.2, 0.25) is 0 Å². The van der Waals surface area contributed by atoms with E-state index in [-0.39, 0.29) is 0 Å². The molecule has 5 rings (SSSR count). The molecular formula is C19H18N2. The molecule has 2 aliphatic rings. The number of rotatable bonds is 1. The minimum absolute atomic E-state index is 0.598. The lowest BCUT2D eigenvalue weighted by molar-refractivity contribution is 0.655. The van der Waals surface area contributed by atoms with E-state index in [9.17, 15) is 0 Å². The van der Waals surface area contributed by atoms with Gasteiger partial charge in [-0.15, -0.1) is 0 Å². The van der Waals surface area contributed by atoms with Gasteiger partial charge in [0.05, 0.1) is 11.0 Å². The lowest BCUT2D eigenvalue weighted by Gasteiger charge is -2.13. The van der Waals surface area contributed by atoms with Crippen LogP contribution in [0.15, 0.2) is 42.5 Å². The fourth-order valence-electron chi connectivity index (χ4n) is 4.29. The molecule has 3 unspecified atom stereocenters. The molecule has 0 bridgehead atoms. The number of hydrogen-bond donors (Lipinski definition) is 1. The van der Waals surface area contributed by atoms with E-state index in [2.05, 4.69) is 54.4 Å². The maximum absolute atomic E-state index is 4.92. The molecule has 3 aromatic rings. The Kier molecular flexibility index (Phi) is 2.19. The molecule has 0 amide bonds. The molecule has 1 N–H and O–H groups in total. The van der Waals surface area contributed by atoms with Gasteiger partial charge in [0.15, 0.2) is 0 Å². The first-order valence-corrected chi connectivity index (χ1v) is 7.86. The van der Waals surface area contributed by atoms with Gasteiger partial charge in [0.2, 0.25) is 0 Å². The van der Waals surface area contributed by atoms with Gasteiger partial charge in [-0.2, -0.15) is 0 Å². The highest BCUT2D eigenvalue weighted by Crippen LogP contribution is 2.64. The lowest BCUT2D eigenvalue weighted by Crippen LogP contribution is -2.00. The van der Waals surface area contributed by atoms with Gasteiger partial charge < -0.3 is 4.98 Å². The van der Waals surface area contributed by atoms with E-state index in [4.69, 9.17) is 4.98 Å². The number of hydrogen-bond acceptors (Lipinski definition) is 1. The van der Waals surface area contributed by atoms with Crippen molar-refractivity contribution in [3.8, 4) is 0 Å². The third kappa shape index (κ3) is 1.56. The Balaban J connectivity index is 1.59. The monoisotopic (exact) mass is 274 g/mol. The van der Waals surface area contributed by atoms with E-state index >= 15 is 0 Å². The number of nitrogens with zero attached hydrogens (tertiary/aromatic N) is 1. The third-order valence-electron chi connectivity index (χ3n) is 5.38. The number of benzene rings is 2. The molecule has 2 aliphatic carbocycles. The summed E-state index contributed by atoms with van der Waals surface area (Å²) in [5.74, 6) is 3.28. The molecule has 104 valence electrons. The first-order valence-electron chi connectivity index (χ1n) is 7.86. The maximum atomic E-state index is 4.92. The Hall–Kier alpha value is -2.09. The topological polar surface area (TPSA) is 28.7 Å². The second-order valence-electron chi connectivity index (χ2n) is 6.55. The SMILES string of the molecule is Cc1cccc2[nH]c(C3C4CCc5ccccc5C43)nc12. The van der Waals surface area contributed by atoms with Crippen LogP contribution in [0.25, 0.3) is 11.0 Å². The average Bonchev–Trinajstić information content (AvgIpc) is 3.10. The quantitative estimate of drug-likeness (QED) is 0.703. The van der Waals surface area contributed by atoms with Gasteiger partial charge in [-0.1, -0.05) is 36.4 Å². The number of nitrogens with one attached hydrogen (secondary N) is 1. The summed E-state index contributed by atoms with van der Waals surface area (Å²) in [6, 6.07) is 15.3. The highest BCUT2D eigenvalue weighted by atomic mass is 15.0.